The minimum absolute atomic E-state index is 0.276. The molecule has 2 aromatic carbocycles. The number of hydrogen-bond donors (Lipinski definition) is 1. The molecule has 1 aliphatic rings. The van der Waals surface area contributed by atoms with Crippen molar-refractivity contribution in [3.63, 3.8) is 0 Å². The summed E-state index contributed by atoms with van der Waals surface area (Å²) in [6.45, 7) is 3.90. The lowest BCUT2D eigenvalue weighted by atomic mass is 10.2. The highest BCUT2D eigenvalue weighted by Gasteiger charge is 2.27. The number of nitrogens with zero attached hydrogens (tertiary/aromatic N) is 2. The average Bonchev–Trinajstić information content (AvgIpc) is 2.65. The second kappa shape index (κ2) is 7.78. The molecule has 26 heavy (non-hydrogen) atoms. The molecule has 0 aromatic heterocycles. The first-order chi connectivity index (χ1) is 12.5. The minimum atomic E-state index is -0.810. The van der Waals surface area contributed by atoms with Gasteiger partial charge >= 0.3 is 0 Å². The number of piperazine rings is 1. The standard InChI is InChI=1S/C19H20F3N3O/c1-13(19(26)23-18-15(21)6-4-7-16(18)22)24-9-11-25(12-10-24)17-8-3-2-5-14(17)20/h2-8,13H,9-12H2,1H3,(H,23,26). The summed E-state index contributed by atoms with van der Waals surface area (Å²) in [7, 11) is 0. The van der Waals surface area contributed by atoms with Crippen LogP contribution in [-0.2, 0) is 4.79 Å². The fourth-order valence-electron chi connectivity index (χ4n) is 3.07. The largest absolute Gasteiger partial charge is 0.367 e. The number of carbonyl (C=O) groups excluding carboxylic acids is 1. The zero-order chi connectivity index (χ0) is 18.7. The lowest BCUT2D eigenvalue weighted by Gasteiger charge is -2.38. The van der Waals surface area contributed by atoms with Gasteiger partial charge in [0.15, 0.2) is 0 Å². The van der Waals surface area contributed by atoms with E-state index in [9.17, 15) is 18.0 Å². The van der Waals surface area contributed by atoms with Gasteiger partial charge in [0.1, 0.15) is 23.1 Å². The van der Waals surface area contributed by atoms with Crippen LogP contribution < -0.4 is 10.2 Å². The maximum Gasteiger partial charge on any atom is 0.241 e. The molecule has 1 saturated heterocycles. The average molecular weight is 363 g/mol. The molecule has 3 rings (SSSR count). The van der Waals surface area contributed by atoms with Gasteiger partial charge in [-0.3, -0.25) is 9.69 Å². The highest BCUT2D eigenvalue weighted by Crippen LogP contribution is 2.22. The molecule has 1 amide bonds. The van der Waals surface area contributed by atoms with Crippen molar-refractivity contribution in [3.8, 4) is 0 Å². The number of nitrogens with one attached hydrogen (secondary N) is 1. The van der Waals surface area contributed by atoms with Crippen LogP contribution in [0.5, 0.6) is 0 Å². The van der Waals surface area contributed by atoms with Gasteiger partial charge in [-0.2, -0.15) is 0 Å². The van der Waals surface area contributed by atoms with Crippen molar-refractivity contribution >= 4 is 17.3 Å². The topological polar surface area (TPSA) is 35.6 Å². The molecule has 0 saturated carbocycles. The van der Waals surface area contributed by atoms with Crippen molar-refractivity contribution in [2.24, 2.45) is 0 Å². The van der Waals surface area contributed by atoms with Crippen LogP contribution >= 0.6 is 0 Å². The first-order valence-electron chi connectivity index (χ1n) is 8.46. The van der Waals surface area contributed by atoms with Gasteiger partial charge in [-0.1, -0.05) is 18.2 Å². The van der Waals surface area contributed by atoms with Crippen molar-refractivity contribution in [2.75, 3.05) is 36.4 Å². The SMILES string of the molecule is CC(C(=O)Nc1c(F)cccc1F)N1CCN(c2ccccc2F)CC1. The van der Waals surface area contributed by atoms with E-state index in [4.69, 9.17) is 0 Å². The summed E-state index contributed by atoms with van der Waals surface area (Å²) >= 11 is 0. The summed E-state index contributed by atoms with van der Waals surface area (Å²) in [4.78, 5) is 16.2. The molecule has 1 aliphatic heterocycles. The van der Waals surface area contributed by atoms with Gasteiger partial charge in [0, 0.05) is 26.2 Å². The molecule has 1 atom stereocenters. The molecule has 2 aromatic rings. The Hall–Kier alpha value is -2.54. The van der Waals surface area contributed by atoms with Gasteiger partial charge in [-0.25, -0.2) is 13.2 Å². The lowest BCUT2D eigenvalue weighted by molar-refractivity contribution is -0.120. The van der Waals surface area contributed by atoms with E-state index in [0.29, 0.717) is 31.9 Å². The van der Waals surface area contributed by atoms with Crippen LogP contribution in [0.4, 0.5) is 24.5 Å². The fraction of sp³-hybridized carbons (Fsp3) is 0.316. The van der Waals surface area contributed by atoms with Crippen LogP contribution in [0.15, 0.2) is 42.5 Å². The van der Waals surface area contributed by atoms with Crippen LogP contribution in [-0.4, -0.2) is 43.0 Å². The Kier molecular flexibility index (Phi) is 5.46. The van der Waals surface area contributed by atoms with Crippen LogP contribution in [0.2, 0.25) is 0 Å². The molecule has 7 heteroatoms. The monoisotopic (exact) mass is 363 g/mol. The Balaban J connectivity index is 1.60. The van der Waals surface area contributed by atoms with Crippen molar-refractivity contribution in [3.05, 3.63) is 59.9 Å². The number of carbonyl (C=O) groups is 1. The van der Waals surface area contributed by atoms with Crippen LogP contribution in [0.1, 0.15) is 6.92 Å². The van der Waals surface area contributed by atoms with Crippen molar-refractivity contribution in [1.29, 1.82) is 0 Å². The van der Waals surface area contributed by atoms with Crippen LogP contribution in [0.25, 0.3) is 0 Å². The van der Waals surface area contributed by atoms with E-state index < -0.39 is 29.3 Å². The smallest absolute Gasteiger partial charge is 0.241 e. The number of anilines is 2. The molecule has 1 fully saturated rings. The zero-order valence-electron chi connectivity index (χ0n) is 14.4. The quantitative estimate of drug-likeness (QED) is 0.906. The third-order valence-electron chi connectivity index (χ3n) is 4.65. The molecular formula is C19H20F3N3O. The predicted octanol–water partition coefficient (Wildman–Crippen LogP) is 3.25. The maximum absolute atomic E-state index is 13.9. The summed E-state index contributed by atoms with van der Waals surface area (Å²) in [5.41, 5.74) is 0.104. The Morgan fingerprint density at radius 2 is 1.50 bits per heavy atom. The van der Waals surface area contributed by atoms with Gasteiger partial charge < -0.3 is 10.2 Å². The highest BCUT2D eigenvalue weighted by atomic mass is 19.1. The van der Waals surface area contributed by atoms with E-state index in [1.807, 2.05) is 9.80 Å². The molecule has 138 valence electrons. The van der Waals surface area contributed by atoms with Crippen molar-refractivity contribution in [1.82, 2.24) is 4.90 Å². The Bertz CT molecular complexity index is 771. The summed E-state index contributed by atoms with van der Waals surface area (Å²) in [5, 5.41) is 2.32. The van der Waals surface area contributed by atoms with Gasteiger partial charge in [0.05, 0.1) is 11.7 Å². The summed E-state index contributed by atoms with van der Waals surface area (Å²) in [5.74, 6) is -2.38. The lowest BCUT2D eigenvalue weighted by Crippen LogP contribution is -2.53. The number of rotatable bonds is 4. The predicted molar refractivity (Wildman–Crippen MR) is 94.6 cm³/mol. The maximum atomic E-state index is 13.9. The molecule has 1 heterocycles. The minimum Gasteiger partial charge on any atom is -0.367 e. The van der Waals surface area contributed by atoms with E-state index in [0.717, 1.165) is 12.1 Å². The van der Waals surface area contributed by atoms with Crippen LogP contribution in [0, 0.1) is 17.5 Å². The molecule has 0 spiro atoms. The summed E-state index contributed by atoms with van der Waals surface area (Å²) in [6, 6.07) is 9.44. The molecule has 1 N–H and O–H groups in total. The summed E-state index contributed by atoms with van der Waals surface area (Å²) < 4.78 is 41.3. The Morgan fingerprint density at radius 3 is 2.12 bits per heavy atom. The fourth-order valence-corrected chi connectivity index (χ4v) is 3.07. The molecule has 4 nitrogen and oxygen atoms in total. The Labute approximate surface area is 150 Å². The number of halogens is 3. The highest BCUT2D eigenvalue weighted by molar-refractivity contribution is 5.94. The van der Waals surface area contributed by atoms with Crippen molar-refractivity contribution in [2.45, 2.75) is 13.0 Å². The zero-order valence-corrected chi connectivity index (χ0v) is 14.4. The van der Waals surface area contributed by atoms with E-state index in [1.54, 1.807) is 25.1 Å². The van der Waals surface area contributed by atoms with E-state index in [1.165, 1.54) is 12.1 Å². The molecule has 0 bridgehead atoms. The molecule has 0 aliphatic carbocycles. The van der Waals surface area contributed by atoms with Gasteiger partial charge in [-0.05, 0) is 31.2 Å². The number of benzene rings is 2. The van der Waals surface area contributed by atoms with E-state index >= 15 is 0 Å². The first-order valence-corrected chi connectivity index (χ1v) is 8.46. The number of hydrogen-bond acceptors (Lipinski definition) is 3. The second-order valence-corrected chi connectivity index (χ2v) is 6.24. The van der Waals surface area contributed by atoms with Crippen LogP contribution in [0.3, 0.4) is 0 Å². The third-order valence-corrected chi connectivity index (χ3v) is 4.65. The van der Waals surface area contributed by atoms with Crippen molar-refractivity contribution < 1.29 is 18.0 Å². The molecule has 0 radical (unpaired) electrons. The van der Waals surface area contributed by atoms with Gasteiger partial charge in [-0.15, -0.1) is 0 Å². The number of para-hydroxylation sites is 2. The molecular weight excluding hydrogens is 343 g/mol. The number of amides is 1. The van der Waals surface area contributed by atoms with E-state index in [-0.39, 0.29) is 5.82 Å². The first kappa shape index (κ1) is 18.3. The normalized spacial score (nSPS) is 16.4. The van der Waals surface area contributed by atoms with Gasteiger partial charge in [0.25, 0.3) is 0 Å². The van der Waals surface area contributed by atoms with Gasteiger partial charge in [0.2, 0.25) is 5.91 Å². The molecule has 1 unspecified atom stereocenters. The second-order valence-electron chi connectivity index (χ2n) is 6.24. The van der Waals surface area contributed by atoms with E-state index in [2.05, 4.69) is 5.32 Å². The summed E-state index contributed by atoms with van der Waals surface area (Å²) in [6.07, 6.45) is 0. The Morgan fingerprint density at radius 1 is 0.923 bits per heavy atom. The third kappa shape index (κ3) is 3.83.